The van der Waals surface area contributed by atoms with Gasteiger partial charge in [0.25, 0.3) is 0 Å². The van der Waals surface area contributed by atoms with E-state index in [9.17, 15) is 0 Å². The molecule has 0 amide bonds. The molecule has 0 unspecified atom stereocenters. The van der Waals surface area contributed by atoms with Crippen LogP contribution in [0.1, 0.15) is 5.56 Å². The van der Waals surface area contributed by atoms with Crippen LogP contribution in [0.3, 0.4) is 0 Å². The van der Waals surface area contributed by atoms with Gasteiger partial charge in [-0.05, 0) is 36.2 Å². The zero-order valence-electron chi connectivity index (χ0n) is 11.6. The lowest BCUT2D eigenvalue weighted by molar-refractivity contribution is 0.415. The van der Waals surface area contributed by atoms with E-state index < -0.39 is 0 Å². The Morgan fingerprint density at radius 2 is 1.86 bits per heavy atom. The molecule has 0 aliphatic heterocycles. The zero-order chi connectivity index (χ0) is 14.8. The molecule has 5 nitrogen and oxygen atoms in total. The number of halogens is 1. The molecule has 0 saturated heterocycles. The summed E-state index contributed by atoms with van der Waals surface area (Å²) in [7, 11) is 1.60. The van der Waals surface area contributed by atoms with Crippen molar-refractivity contribution in [2.24, 2.45) is 0 Å². The second-order valence-electron chi connectivity index (χ2n) is 4.58. The summed E-state index contributed by atoms with van der Waals surface area (Å²) in [6, 6.07) is 7.73. The van der Waals surface area contributed by atoms with Crippen LogP contribution < -0.4 is 4.74 Å². The summed E-state index contributed by atoms with van der Waals surface area (Å²) in [5, 5.41) is 8.16. The number of hydrogen-bond acceptors (Lipinski definition) is 4. The molecule has 1 aromatic carbocycles. The first-order chi connectivity index (χ1) is 10.2. The largest absolute Gasteiger partial charge is 0.495 e. The van der Waals surface area contributed by atoms with Gasteiger partial charge in [0.15, 0.2) is 0 Å². The Balaban J connectivity index is 2.01. The second-order valence-corrected chi connectivity index (χ2v) is 4.99. The molecule has 0 radical (unpaired) electrons. The van der Waals surface area contributed by atoms with Gasteiger partial charge >= 0.3 is 0 Å². The monoisotopic (exact) mass is 300 g/mol. The molecular formula is C15H13ClN4O. The van der Waals surface area contributed by atoms with Gasteiger partial charge in [-0.15, -0.1) is 10.2 Å². The number of nitrogens with zero attached hydrogens (tertiary/aromatic N) is 4. The Morgan fingerprint density at radius 1 is 1.10 bits per heavy atom. The normalized spacial score (nSPS) is 10.6. The van der Waals surface area contributed by atoms with Crippen molar-refractivity contribution < 1.29 is 4.74 Å². The van der Waals surface area contributed by atoms with E-state index in [1.807, 2.05) is 25.1 Å². The van der Waals surface area contributed by atoms with E-state index in [1.54, 1.807) is 30.5 Å². The van der Waals surface area contributed by atoms with Crippen LogP contribution in [0.5, 0.6) is 5.75 Å². The van der Waals surface area contributed by atoms with Crippen LogP contribution in [-0.2, 0) is 0 Å². The van der Waals surface area contributed by atoms with Gasteiger partial charge in [0.1, 0.15) is 24.2 Å². The molecule has 0 aliphatic rings. The second kappa shape index (κ2) is 5.54. The first kappa shape index (κ1) is 13.6. The first-order valence-electron chi connectivity index (χ1n) is 6.34. The summed E-state index contributed by atoms with van der Waals surface area (Å²) in [6.45, 7) is 2.00. The van der Waals surface area contributed by atoms with E-state index in [0.29, 0.717) is 10.8 Å². The fourth-order valence-electron chi connectivity index (χ4n) is 2.15. The van der Waals surface area contributed by atoms with E-state index in [4.69, 9.17) is 16.3 Å². The Morgan fingerprint density at radius 3 is 2.48 bits per heavy atom. The first-order valence-corrected chi connectivity index (χ1v) is 6.72. The number of methoxy groups -OCH3 is 1. The highest BCUT2D eigenvalue weighted by atomic mass is 35.5. The smallest absolute Gasteiger partial charge is 0.142 e. The minimum absolute atomic E-state index is 0.579. The van der Waals surface area contributed by atoms with E-state index >= 15 is 0 Å². The van der Waals surface area contributed by atoms with E-state index in [0.717, 1.165) is 22.5 Å². The van der Waals surface area contributed by atoms with Crippen LogP contribution in [0.15, 0.2) is 43.1 Å². The van der Waals surface area contributed by atoms with Crippen molar-refractivity contribution in [3.63, 3.8) is 0 Å². The fraction of sp³-hybridized carbons (Fsp3) is 0.133. The quantitative estimate of drug-likeness (QED) is 0.745. The van der Waals surface area contributed by atoms with E-state index in [2.05, 4.69) is 21.2 Å². The molecule has 2 aromatic heterocycles. The Labute approximate surface area is 127 Å². The van der Waals surface area contributed by atoms with Crippen molar-refractivity contribution in [2.45, 2.75) is 6.92 Å². The molecular weight excluding hydrogens is 288 g/mol. The molecule has 0 atom stereocenters. The number of hydrogen-bond donors (Lipinski definition) is 0. The molecule has 0 saturated carbocycles. The maximum Gasteiger partial charge on any atom is 0.142 e. The van der Waals surface area contributed by atoms with Gasteiger partial charge in [0.05, 0.1) is 12.1 Å². The predicted molar refractivity (Wildman–Crippen MR) is 80.9 cm³/mol. The van der Waals surface area contributed by atoms with Crippen molar-refractivity contribution in [1.82, 2.24) is 19.7 Å². The van der Waals surface area contributed by atoms with Crippen molar-refractivity contribution in [2.75, 3.05) is 7.11 Å². The number of pyridine rings is 1. The summed E-state index contributed by atoms with van der Waals surface area (Å²) < 4.78 is 6.94. The van der Waals surface area contributed by atoms with Crippen molar-refractivity contribution in [3.05, 3.63) is 53.7 Å². The molecule has 3 rings (SSSR count). The van der Waals surface area contributed by atoms with E-state index in [-0.39, 0.29) is 0 Å². The average Bonchev–Trinajstić information content (AvgIpc) is 3.01. The van der Waals surface area contributed by atoms with Gasteiger partial charge in [0, 0.05) is 11.8 Å². The Bertz CT molecular complexity index is 771. The SMILES string of the molecule is COc1ccc(-c2cnc(-n3cnnc3)c(C)c2)cc1Cl. The van der Waals surface area contributed by atoms with Crippen LogP contribution >= 0.6 is 11.6 Å². The summed E-state index contributed by atoms with van der Waals surface area (Å²) >= 11 is 6.17. The van der Waals surface area contributed by atoms with Crippen LogP contribution in [-0.4, -0.2) is 26.9 Å². The summed E-state index contributed by atoms with van der Waals surface area (Å²) in [4.78, 5) is 4.48. The third-order valence-electron chi connectivity index (χ3n) is 3.20. The molecule has 0 spiro atoms. The maximum absolute atomic E-state index is 6.17. The van der Waals surface area contributed by atoms with Crippen molar-refractivity contribution >= 4 is 11.6 Å². The molecule has 21 heavy (non-hydrogen) atoms. The summed E-state index contributed by atoms with van der Waals surface area (Å²) in [5.74, 6) is 1.47. The number of benzene rings is 1. The van der Waals surface area contributed by atoms with E-state index in [1.165, 1.54) is 0 Å². The lowest BCUT2D eigenvalue weighted by Crippen LogP contribution is -1.98. The summed E-state index contributed by atoms with van der Waals surface area (Å²) in [6.07, 6.45) is 5.05. The van der Waals surface area contributed by atoms with Crippen LogP contribution in [0, 0.1) is 6.92 Å². The molecule has 0 bridgehead atoms. The summed E-state index contributed by atoms with van der Waals surface area (Å²) in [5.41, 5.74) is 3.01. The molecule has 2 heterocycles. The molecule has 3 aromatic rings. The minimum atomic E-state index is 0.579. The van der Waals surface area contributed by atoms with Crippen molar-refractivity contribution in [3.8, 4) is 22.7 Å². The third kappa shape index (κ3) is 2.60. The van der Waals surface area contributed by atoms with Crippen LogP contribution in [0.25, 0.3) is 16.9 Å². The molecule has 0 fully saturated rings. The highest BCUT2D eigenvalue weighted by Gasteiger charge is 2.08. The highest BCUT2D eigenvalue weighted by molar-refractivity contribution is 6.32. The number of aromatic nitrogens is 4. The lowest BCUT2D eigenvalue weighted by Gasteiger charge is -2.09. The van der Waals surface area contributed by atoms with Gasteiger partial charge in [-0.3, -0.25) is 4.57 Å². The van der Waals surface area contributed by atoms with Gasteiger partial charge in [-0.25, -0.2) is 4.98 Å². The molecule has 0 N–H and O–H groups in total. The zero-order valence-corrected chi connectivity index (χ0v) is 12.4. The van der Waals surface area contributed by atoms with Gasteiger partial charge in [-0.1, -0.05) is 17.7 Å². The highest BCUT2D eigenvalue weighted by Crippen LogP contribution is 2.30. The molecule has 6 heteroatoms. The number of ether oxygens (including phenoxy) is 1. The number of rotatable bonds is 3. The number of aryl methyl sites for hydroxylation is 1. The van der Waals surface area contributed by atoms with Gasteiger partial charge in [0.2, 0.25) is 0 Å². The predicted octanol–water partition coefficient (Wildman–Crippen LogP) is 3.30. The van der Waals surface area contributed by atoms with Crippen LogP contribution in [0.4, 0.5) is 0 Å². The minimum Gasteiger partial charge on any atom is -0.495 e. The van der Waals surface area contributed by atoms with Gasteiger partial charge in [-0.2, -0.15) is 0 Å². The Hall–Kier alpha value is -2.40. The van der Waals surface area contributed by atoms with Crippen LogP contribution in [0.2, 0.25) is 5.02 Å². The molecule has 106 valence electrons. The standard InChI is InChI=1S/C15H13ClN4O/c1-10-5-12(7-17-15(10)20-8-18-19-9-20)11-3-4-14(21-2)13(16)6-11/h3-9H,1-2H3. The van der Waals surface area contributed by atoms with Crippen molar-refractivity contribution in [1.29, 1.82) is 0 Å². The Kier molecular flexibility index (Phi) is 3.58. The van der Waals surface area contributed by atoms with Gasteiger partial charge < -0.3 is 4.74 Å². The average molecular weight is 301 g/mol. The molecule has 0 aliphatic carbocycles. The topological polar surface area (TPSA) is 52.8 Å². The maximum atomic E-state index is 6.17. The fourth-order valence-corrected chi connectivity index (χ4v) is 2.41. The third-order valence-corrected chi connectivity index (χ3v) is 3.49. The lowest BCUT2D eigenvalue weighted by atomic mass is 10.1.